The number of carbonyl (C=O) groups is 4. The van der Waals surface area contributed by atoms with Crippen LogP contribution in [0.1, 0.15) is 72.7 Å². The maximum Gasteiger partial charge on any atom is 0.246 e. The van der Waals surface area contributed by atoms with Crippen molar-refractivity contribution in [2.24, 2.45) is 21.1 Å². The van der Waals surface area contributed by atoms with E-state index in [0.29, 0.717) is 30.3 Å². The molecule has 0 aliphatic rings. The van der Waals surface area contributed by atoms with Crippen molar-refractivity contribution in [1.29, 1.82) is 0 Å². The molecule has 3 aromatic heterocycles. The Morgan fingerprint density at radius 2 is 0.885 bits per heavy atom. The highest BCUT2D eigenvalue weighted by Gasteiger charge is 2.34. The monoisotopic (exact) mass is 857 g/mol. The zero-order valence-corrected chi connectivity index (χ0v) is 35.9. The molecule has 336 valence electrons. The van der Waals surface area contributed by atoms with Crippen LogP contribution in [-0.4, -0.2) is 98.3 Å². The Morgan fingerprint density at radius 1 is 0.557 bits per heavy atom. The van der Waals surface area contributed by atoms with Crippen molar-refractivity contribution in [3.63, 3.8) is 0 Å². The van der Waals surface area contributed by atoms with Crippen LogP contribution < -0.4 is 37.6 Å². The second kappa shape index (κ2) is 23.1. The molecule has 3 aromatic rings. The predicted molar refractivity (Wildman–Crippen MR) is 222 cm³/mol. The van der Waals surface area contributed by atoms with Crippen LogP contribution in [0.25, 0.3) is 0 Å². The van der Waals surface area contributed by atoms with Crippen LogP contribution in [0.5, 0.6) is 17.2 Å². The van der Waals surface area contributed by atoms with E-state index in [4.69, 9.17) is 14.2 Å². The van der Waals surface area contributed by atoms with Crippen LogP contribution in [0.3, 0.4) is 0 Å². The fourth-order valence-electron chi connectivity index (χ4n) is 6.51. The zero-order valence-electron chi connectivity index (χ0n) is 35.9. The van der Waals surface area contributed by atoms with E-state index in [1.54, 1.807) is 55.6 Å². The van der Waals surface area contributed by atoms with Gasteiger partial charge < -0.3 is 64.5 Å². The first-order valence-corrected chi connectivity index (χ1v) is 19.7. The highest BCUT2D eigenvalue weighted by Crippen LogP contribution is 2.27. The molecule has 0 atom stereocenters. The average Bonchev–Trinajstić information content (AvgIpc) is 3.21. The van der Waals surface area contributed by atoms with E-state index >= 15 is 0 Å². The van der Waals surface area contributed by atoms with Gasteiger partial charge in [-0.1, -0.05) is 0 Å². The van der Waals surface area contributed by atoms with Crippen molar-refractivity contribution in [1.82, 2.24) is 35.0 Å². The first kappa shape index (κ1) is 49.4. The van der Waals surface area contributed by atoms with E-state index < -0.39 is 69.3 Å². The lowest BCUT2D eigenvalue weighted by Crippen LogP contribution is -2.51. The number of ether oxygens (including phenoxy) is 3. The lowest BCUT2D eigenvalue weighted by Gasteiger charge is -2.35. The molecule has 0 aliphatic carbocycles. The second-order valence-electron chi connectivity index (χ2n) is 14.8. The summed E-state index contributed by atoms with van der Waals surface area (Å²) in [5.74, 6) is -3.76. The molecule has 0 fully saturated rings. The minimum absolute atomic E-state index is 0.0638. The molecule has 0 aliphatic heterocycles. The molecule has 20 nitrogen and oxygen atoms in total. The minimum Gasteiger partial charge on any atom is -0.503 e. The van der Waals surface area contributed by atoms with Gasteiger partial charge in [0.1, 0.15) is 6.61 Å². The maximum absolute atomic E-state index is 13.5. The number of aromatic hydroxyl groups is 3. The Hall–Kier alpha value is -5.99. The summed E-state index contributed by atoms with van der Waals surface area (Å²) in [5.41, 5.74) is -1.06. The Kier molecular flexibility index (Phi) is 18.7. The van der Waals surface area contributed by atoms with Gasteiger partial charge in [0.25, 0.3) is 0 Å². The predicted octanol–water partition coefficient (Wildman–Crippen LogP) is -0.0510. The van der Waals surface area contributed by atoms with Crippen molar-refractivity contribution in [2.75, 3.05) is 40.1 Å². The van der Waals surface area contributed by atoms with Gasteiger partial charge in [0, 0.05) is 88.3 Å². The summed E-state index contributed by atoms with van der Waals surface area (Å²) in [6.07, 6.45) is -0.997. The molecule has 0 unspecified atom stereocenters. The zero-order chi connectivity index (χ0) is 45.4. The standard InChI is InChI=1S/C41H59N7O13/c1-25-18-31(49)38(56)28(46(25)4)21-42-34(52)8-11-41(45-37(55)24-61-17-16-60-15-14-59-7,12-9-35(53)43-22-29-39(57)32(50)19-26(2)47(29)5)13-10-36(54)44-23-30-40(58)33(51)20-27(3)48(30)6/h18-20,56-58H,8-17,21-24H2,1-7H3,(H,42,52)(H,43,53)(H,44,54)(H,45,55). The van der Waals surface area contributed by atoms with Gasteiger partial charge >= 0.3 is 0 Å². The summed E-state index contributed by atoms with van der Waals surface area (Å²) < 4.78 is 20.5. The summed E-state index contributed by atoms with van der Waals surface area (Å²) in [7, 11) is 6.41. The van der Waals surface area contributed by atoms with Crippen molar-refractivity contribution >= 4 is 23.6 Å². The molecule has 0 aromatic carbocycles. The number of pyridine rings is 3. The van der Waals surface area contributed by atoms with E-state index in [2.05, 4.69) is 21.3 Å². The van der Waals surface area contributed by atoms with Crippen LogP contribution in [0, 0.1) is 20.8 Å². The summed E-state index contributed by atoms with van der Waals surface area (Å²) in [6.45, 7) is 4.90. The van der Waals surface area contributed by atoms with Gasteiger partial charge in [-0.15, -0.1) is 0 Å². The van der Waals surface area contributed by atoms with E-state index in [-0.39, 0.29) is 88.5 Å². The molecule has 0 spiro atoms. The molecule has 0 radical (unpaired) electrons. The number of nitrogens with zero attached hydrogens (tertiary/aromatic N) is 3. The number of methoxy groups -OCH3 is 1. The number of rotatable bonds is 24. The largest absolute Gasteiger partial charge is 0.503 e. The fraction of sp³-hybridized carbons (Fsp3) is 0.537. The van der Waals surface area contributed by atoms with Crippen LogP contribution in [0.4, 0.5) is 0 Å². The number of hydrogen-bond acceptors (Lipinski definition) is 13. The van der Waals surface area contributed by atoms with Crippen LogP contribution >= 0.6 is 0 Å². The molecule has 0 bridgehead atoms. The quantitative estimate of drug-likeness (QED) is 0.0584. The fourth-order valence-corrected chi connectivity index (χ4v) is 6.51. The molecular weight excluding hydrogens is 798 g/mol. The molecule has 3 rings (SSSR count). The van der Waals surface area contributed by atoms with Gasteiger partial charge in [-0.2, -0.15) is 0 Å². The van der Waals surface area contributed by atoms with E-state index in [1.165, 1.54) is 25.3 Å². The summed E-state index contributed by atoms with van der Waals surface area (Å²) >= 11 is 0. The summed E-state index contributed by atoms with van der Waals surface area (Å²) in [4.78, 5) is 90.4. The number of carbonyl (C=O) groups excluding carboxylic acids is 4. The average molecular weight is 858 g/mol. The first-order valence-electron chi connectivity index (χ1n) is 19.7. The first-order chi connectivity index (χ1) is 28.8. The van der Waals surface area contributed by atoms with E-state index in [1.807, 2.05) is 0 Å². The third-order valence-electron chi connectivity index (χ3n) is 10.6. The number of hydrogen-bond donors (Lipinski definition) is 7. The lowest BCUT2D eigenvalue weighted by atomic mass is 9.83. The molecule has 0 saturated carbocycles. The van der Waals surface area contributed by atoms with Gasteiger partial charge in [0.15, 0.2) is 17.2 Å². The SMILES string of the molecule is COCCOCCOCC(=O)NC(CCC(=O)NCc1c(O)c(=O)cc(C)n1C)(CCC(=O)NCc1c(O)c(=O)cc(C)n1C)CCC(=O)NCc1c(O)c(=O)cc(C)n1C. The molecular formula is C41H59N7O13. The van der Waals surface area contributed by atoms with Crippen molar-refractivity contribution < 1.29 is 48.7 Å². The number of amides is 4. The van der Waals surface area contributed by atoms with Gasteiger partial charge in [-0.05, 0) is 40.0 Å². The van der Waals surface area contributed by atoms with E-state index in [9.17, 15) is 48.9 Å². The second-order valence-corrected chi connectivity index (χ2v) is 14.8. The summed E-state index contributed by atoms with van der Waals surface area (Å²) in [6, 6.07) is 3.78. The Balaban J connectivity index is 1.88. The van der Waals surface area contributed by atoms with Gasteiger partial charge in [-0.25, -0.2) is 0 Å². The molecule has 61 heavy (non-hydrogen) atoms. The van der Waals surface area contributed by atoms with Gasteiger partial charge in [0.05, 0.1) is 63.1 Å². The van der Waals surface area contributed by atoms with Crippen LogP contribution in [0.2, 0.25) is 0 Å². The van der Waals surface area contributed by atoms with Crippen LogP contribution in [0.15, 0.2) is 32.6 Å². The van der Waals surface area contributed by atoms with Gasteiger partial charge in [0.2, 0.25) is 39.9 Å². The van der Waals surface area contributed by atoms with Crippen LogP contribution in [-0.2, 0) is 74.2 Å². The Morgan fingerprint density at radius 3 is 1.23 bits per heavy atom. The molecule has 20 heteroatoms. The molecule has 4 amide bonds. The number of aromatic nitrogens is 3. The number of nitrogens with one attached hydrogen (secondary N) is 4. The highest BCUT2D eigenvalue weighted by molar-refractivity contribution is 5.80. The lowest BCUT2D eigenvalue weighted by molar-refractivity contribution is -0.131. The van der Waals surface area contributed by atoms with Gasteiger partial charge in [-0.3, -0.25) is 33.6 Å². The Bertz CT molecular complexity index is 2010. The minimum atomic E-state index is -1.39. The smallest absolute Gasteiger partial charge is 0.246 e. The molecule has 7 N–H and O–H groups in total. The molecule has 0 saturated heterocycles. The Labute approximate surface area is 352 Å². The molecule has 3 heterocycles. The third kappa shape index (κ3) is 14.3. The van der Waals surface area contributed by atoms with Crippen molar-refractivity contribution in [3.05, 3.63) is 83.0 Å². The maximum atomic E-state index is 13.5. The number of aryl methyl sites for hydroxylation is 3. The van der Waals surface area contributed by atoms with E-state index in [0.717, 1.165) is 0 Å². The summed E-state index contributed by atoms with van der Waals surface area (Å²) in [5, 5.41) is 42.2. The van der Waals surface area contributed by atoms with Crippen molar-refractivity contribution in [2.45, 2.75) is 84.5 Å². The van der Waals surface area contributed by atoms with Crippen molar-refractivity contribution in [3.8, 4) is 17.2 Å². The topological polar surface area (TPSA) is 271 Å². The normalized spacial score (nSPS) is 11.3. The highest BCUT2D eigenvalue weighted by atomic mass is 16.5. The third-order valence-corrected chi connectivity index (χ3v) is 10.6.